The predicted molar refractivity (Wildman–Crippen MR) is 76.9 cm³/mol. The average molecular weight is 313 g/mol. The van der Waals surface area contributed by atoms with Gasteiger partial charge in [0.15, 0.2) is 0 Å². The topological polar surface area (TPSA) is 31.4 Å². The highest BCUT2D eigenvalue weighted by atomic mass is 19.4. The molecule has 0 amide bonds. The van der Waals surface area contributed by atoms with Gasteiger partial charge in [-0.05, 0) is 58.1 Å². The molecule has 1 saturated carbocycles. The van der Waals surface area contributed by atoms with Crippen LogP contribution < -0.4 is 5.46 Å². The highest BCUT2D eigenvalue weighted by Crippen LogP contribution is 2.41. The van der Waals surface area contributed by atoms with Gasteiger partial charge in [0.2, 0.25) is 0 Å². The second-order valence-electron chi connectivity index (χ2n) is 7.07. The molecule has 3 rings (SSSR count). The van der Waals surface area contributed by atoms with Crippen molar-refractivity contribution in [3.8, 4) is 0 Å². The van der Waals surface area contributed by atoms with E-state index in [9.17, 15) is 13.2 Å². The van der Waals surface area contributed by atoms with Crippen LogP contribution in [-0.2, 0) is 15.5 Å². The number of halogens is 3. The third-order valence-electron chi connectivity index (χ3n) is 4.68. The zero-order valence-corrected chi connectivity index (χ0v) is 13.1. The summed E-state index contributed by atoms with van der Waals surface area (Å²) < 4.78 is 50.9. The SMILES string of the molecule is CC1(C)OB(c2cc(C3CC3)nc(C(F)(F)F)c2)OC1(C)C. The normalized spacial score (nSPS) is 23.9. The van der Waals surface area contributed by atoms with Crippen molar-refractivity contribution in [2.75, 3.05) is 0 Å². The summed E-state index contributed by atoms with van der Waals surface area (Å²) in [6.07, 6.45) is -2.70. The van der Waals surface area contributed by atoms with Crippen LogP contribution in [0.15, 0.2) is 12.1 Å². The lowest BCUT2D eigenvalue weighted by molar-refractivity contribution is -0.141. The van der Waals surface area contributed by atoms with Crippen molar-refractivity contribution in [1.82, 2.24) is 4.98 Å². The lowest BCUT2D eigenvalue weighted by Gasteiger charge is -2.32. The Morgan fingerprint density at radius 2 is 1.64 bits per heavy atom. The molecule has 0 unspecified atom stereocenters. The maximum absolute atomic E-state index is 13.1. The van der Waals surface area contributed by atoms with E-state index >= 15 is 0 Å². The summed E-state index contributed by atoms with van der Waals surface area (Å²) in [7, 11) is -0.799. The second kappa shape index (κ2) is 4.71. The first-order valence-electron chi connectivity index (χ1n) is 7.44. The maximum atomic E-state index is 13.1. The van der Waals surface area contributed by atoms with E-state index in [1.807, 2.05) is 27.7 Å². The molecule has 2 fully saturated rings. The van der Waals surface area contributed by atoms with Crippen LogP contribution in [0.4, 0.5) is 13.2 Å². The number of nitrogens with zero attached hydrogens (tertiary/aromatic N) is 1. The van der Waals surface area contributed by atoms with Gasteiger partial charge >= 0.3 is 13.3 Å². The molecule has 0 spiro atoms. The van der Waals surface area contributed by atoms with Gasteiger partial charge in [-0.25, -0.2) is 4.98 Å². The molecular formula is C15H19BF3NO2. The van der Waals surface area contributed by atoms with E-state index < -0.39 is 30.2 Å². The van der Waals surface area contributed by atoms with Crippen LogP contribution in [0.5, 0.6) is 0 Å². The molecule has 1 aliphatic heterocycles. The van der Waals surface area contributed by atoms with E-state index in [2.05, 4.69) is 4.98 Å². The van der Waals surface area contributed by atoms with Gasteiger partial charge in [-0.15, -0.1) is 0 Å². The standard InChI is InChI=1S/C15H19BF3NO2/c1-13(2)14(3,4)22-16(21-13)10-7-11(9-5-6-9)20-12(8-10)15(17,18)19/h7-9H,5-6H2,1-4H3. The Hall–Kier alpha value is -1.08. The molecule has 7 heteroatoms. The minimum atomic E-state index is -4.47. The Labute approximate surface area is 128 Å². The third kappa shape index (κ3) is 2.76. The van der Waals surface area contributed by atoms with E-state index in [1.165, 1.54) is 0 Å². The van der Waals surface area contributed by atoms with Gasteiger partial charge in [-0.2, -0.15) is 13.2 Å². The van der Waals surface area contributed by atoms with Gasteiger partial charge in [0.25, 0.3) is 0 Å². The highest BCUT2D eigenvalue weighted by molar-refractivity contribution is 6.62. The molecule has 120 valence electrons. The fourth-order valence-electron chi connectivity index (χ4n) is 2.42. The zero-order valence-electron chi connectivity index (χ0n) is 13.1. The molecule has 0 radical (unpaired) electrons. The smallest absolute Gasteiger partial charge is 0.399 e. The molecule has 0 bridgehead atoms. The summed E-state index contributed by atoms with van der Waals surface area (Å²) in [5.41, 5.74) is -1.16. The lowest BCUT2D eigenvalue weighted by atomic mass is 9.78. The first kappa shape index (κ1) is 15.8. The molecule has 0 atom stereocenters. The first-order valence-corrected chi connectivity index (χ1v) is 7.44. The Morgan fingerprint density at radius 1 is 1.09 bits per heavy atom. The summed E-state index contributed by atoms with van der Waals surface area (Å²) in [4.78, 5) is 3.77. The first-order chi connectivity index (χ1) is 9.99. The fraction of sp³-hybridized carbons (Fsp3) is 0.667. The molecule has 1 saturated heterocycles. The largest absolute Gasteiger partial charge is 0.494 e. The van der Waals surface area contributed by atoms with E-state index in [0.717, 1.165) is 18.9 Å². The van der Waals surface area contributed by atoms with Crippen molar-refractivity contribution < 1.29 is 22.5 Å². The molecule has 1 aromatic rings. The maximum Gasteiger partial charge on any atom is 0.494 e. The van der Waals surface area contributed by atoms with Gasteiger partial charge in [0.1, 0.15) is 5.69 Å². The monoisotopic (exact) mass is 313 g/mol. The van der Waals surface area contributed by atoms with Gasteiger partial charge in [0.05, 0.1) is 11.2 Å². The van der Waals surface area contributed by atoms with Crippen LogP contribution in [0, 0.1) is 0 Å². The number of hydrogen-bond acceptors (Lipinski definition) is 3. The van der Waals surface area contributed by atoms with Gasteiger partial charge in [-0.1, -0.05) is 0 Å². The quantitative estimate of drug-likeness (QED) is 0.785. The van der Waals surface area contributed by atoms with Crippen LogP contribution in [0.25, 0.3) is 0 Å². The molecule has 2 heterocycles. The molecule has 22 heavy (non-hydrogen) atoms. The van der Waals surface area contributed by atoms with Crippen molar-refractivity contribution in [2.45, 2.75) is 63.8 Å². The Bertz CT molecular complexity index is 581. The van der Waals surface area contributed by atoms with Crippen LogP contribution in [0.2, 0.25) is 0 Å². The molecule has 3 nitrogen and oxygen atoms in total. The molecule has 0 aromatic carbocycles. The minimum Gasteiger partial charge on any atom is -0.399 e. The van der Waals surface area contributed by atoms with Crippen molar-refractivity contribution in [3.63, 3.8) is 0 Å². The third-order valence-corrected chi connectivity index (χ3v) is 4.68. The summed E-state index contributed by atoms with van der Waals surface area (Å²) in [6, 6.07) is 2.73. The van der Waals surface area contributed by atoms with Crippen LogP contribution in [0.1, 0.15) is 57.8 Å². The molecule has 1 aliphatic carbocycles. The van der Waals surface area contributed by atoms with E-state index in [4.69, 9.17) is 9.31 Å². The number of alkyl halides is 3. The average Bonchev–Trinajstić information content (AvgIpc) is 3.16. The summed E-state index contributed by atoms with van der Waals surface area (Å²) in [5, 5.41) is 0. The Balaban J connectivity index is 1.99. The van der Waals surface area contributed by atoms with Crippen molar-refractivity contribution in [1.29, 1.82) is 0 Å². The zero-order chi connectivity index (χ0) is 16.3. The van der Waals surface area contributed by atoms with Crippen LogP contribution >= 0.6 is 0 Å². The number of aromatic nitrogens is 1. The second-order valence-corrected chi connectivity index (χ2v) is 7.07. The molecular weight excluding hydrogens is 294 g/mol. The van der Waals surface area contributed by atoms with Gasteiger partial charge in [-0.3, -0.25) is 0 Å². The molecule has 1 aromatic heterocycles. The van der Waals surface area contributed by atoms with E-state index in [0.29, 0.717) is 11.2 Å². The highest BCUT2D eigenvalue weighted by Gasteiger charge is 2.52. The van der Waals surface area contributed by atoms with E-state index in [-0.39, 0.29) is 5.92 Å². The number of rotatable bonds is 2. The fourth-order valence-corrected chi connectivity index (χ4v) is 2.42. The summed E-state index contributed by atoms with van der Waals surface area (Å²) in [6.45, 7) is 7.50. The minimum absolute atomic E-state index is 0.128. The summed E-state index contributed by atoms with van der Waals surface area (Å²) >= 11 is 0. The van der Waals surface area contributed by atoms with Gasteiger partial charge < -0.3 is 9.31 Å². The van der Waals surface area contributed by atoms with Crippen molar-refractivity contribution in [3.05, 3.63) is 23.5 Å². The van der Waals surface area contributed by atoms with Crippen molar-refractivity contribution >= 4 is 12.6 Å². The number of hydrogen-bond donors (Lipinski definition) is 0. The summed E-state index contributed by atoms with van der Waals surface area (Å²) in [5.74, 6) is 0.128. The van der Waals surface area contributed by atoms with Crippen LogP contribution in [-0.4, -0.2) is 23.3 Å². The van der Waals surface area contributed by atoms with E-state index in [1.54, 1.807) is 6.07 Å². The van der Waals surface area contributed by atoms with Crippen molar-refractivity contribution in [2.24, 2.45) is 0 Å². The Kier molecular flexibility index (Phi) is 3.38. The predicted octanol–water partition coefficient (Wildman–Crippen LogP) is 3.28. The molecule has 0 N–H and O–H groups in total. The Morgan fingerprint density at radius 3 is 2.09 bits per heavy atom. The van der Waals surface area contributed by atoms with Gasteiger partial charge in [0, 0.05) is 11.6 Å². The number of pyridine rings is 1. The lowest BCUT2D eigenvalue weighted by Crippen LogP contribution is -2.41. The molecule has 2 aliphatic rings. The van der Waals surface area contributed by atoms with Crippen LogP contribution in [0.3, 0.4) is 0 Å².